The summed E-state index contributed by atoms with van der Waals surface area (Å²) in [6.07, 6.45) is 5.53. The largest absolute Gasteiger partial charge is 0.390 e. The number of nitrogens with zero attached hydrogens (tertiary/aromatic N) is 4. The van der Waals surface area contributed by atoms with E-state index >= 15 is 0 Å². The highest BCUT2D eigenvalue weighted by Crippen LogP contribution is 2.21. The molecule has 2 rings (SSSR count). The Kier molecular flexibility index (Phi) is 4.54. The lowest BCUT2D eigenvalue weighted by Crippen LogP contribution is -2.40. The van der Waals surface area contributed by atoms with Gasteiger partial charge in [0, 0.05) is 32.5 Å². The fourth-order valence-electron chi connectivity index (χ4n) is 2.37. The highest BCUT2D eigenvalue weighted by atomic mass is 16.3. The van der Waals surface area contributed by atoms with Crippen molar-refractivity contribution in [1.29, 1.82) is 0 Å². The van der Waals surface area contributed by atoms with Crippen molar-refractivity contribution in [2.45, 2.75) is 31.8 Å². The number of likely N-dealkylation sites (N-methyl/N-ethyl adjacent to an activating group) is 1. The minimum absolute atomic E-state index is 0.0534. The van der Waals surface area contributed by atoms with Crippen LogP contribution in [0.3, 0.4) is 0 Å². The van der Waals surface area contributed by atoms with Crippen LogP contribution in [-0.2, 0) is 4.79 Å². The first-order chi connectivity index (χ1) is 9.48. The Morgan fingerprint density at radius 1 is 1.40 bits per heavy atom. The molecule has 0 bridgehead atoms. The van der Waals surface area contributed by atoms with Gasteiger partial charge in [0.05, 0.1) is 12.1 Å². The molecule has 1 aliphatic rings. The van der Waals surface area contributed by atoms with Crippen molar-refractivity contribution in [2.75, 3.05) is 31.6 Å². The average Bonchev–Trinajstić information content (AvgIpc) is 2.60. The number of hydrogen-bond donors (Lipinski definition) is 1. The summed E-state index contributed by atoms with van der Waals surface area (Å²) < 4.78 is 0. The van der Waals surface area contributed by atoms with Crippen LogP contribution in [0.1, 0.15) is 26.2 Å². The Morgan fingerprint density at radius 2 is 2.10 bits per heavy atom. The third kappa shape index (κ3) is 3.90. The molecule has 1 aromatic heterocycles. The third-order valence-corrected chi connectivity index (χ3v) is 3.68. The van der Waals surface area contributed by atoms with E-state index in [9.17, 15) is 9.90 Å². The van der Waals surface area contributed by atoms with Gasteiger partial charge < -0.3 is 14.9 Å². The molecule has 0 aliphatic carbocycles. The molecule has 0 spiro atoms. The molecular formula is C14H22N4O2. The van der Waals surface area contributed by atoms with Crippen molar-refractivity contribution in [3.05, 3.63) is 18.5 Å². The summed E-state index contributed by atoms with van der Waals surface area (Å²) in [5.74, 6) is 0.598. The predicted octanol–water partition coefficient (Wildman–Crippen LogP) is 0.676. The molecule has 1 atom stereocenters. The zero-order valence-corrected chi connectivity index (χ0v) is 12.1. The standard InChI is InChI=1S/C14H22N4O2/c1-14(20)5-3-9-18(10-6-14)12(19)11-17(2)13-15-7-4-8-16-13/h4,7-8,20H,3,5-6,9-11H2,1-2H3. The normalized spacial score (nSPS) is 23.2. The highest BCUT2D eigenvalue weighted by molar-refractivity contribution is 5.80. The van der Waals surface area contributed by atoms with Gasteiger partial charge in [-0.3, -0.25) is 4.79 Å². The maximum Gasteiger partial charge on any atom is 0.242 e. The second-order valence-electron chi connectivity index (χ2n) is 5.64. The van der Waals surface area contributed by atoms with E-state index in [-0.39, 0.29) is 12.5 Å². The van der Waals surface area contributed by atoms with E-state index in [0.717, 1.165) is 12.8 Å². The lowest BCUT2D eigenvalue weighted by atomic mass is 9.98. The van der Waals surface area contributed by atoms with Crippen LogP contribution < -0.4 is 4.90 Å². The quantitative estimate of drug-likeness (QED) is 0.880. The van der Waals surface area contributed by atoms with Crippen molar-refractivity contribution >= 4 is 11.9 Å². The molecule has 6 nitrogen and oxygen atoms in total. The van der Waals surface area contributed by atoms with Gasteiger partial charge in [0.2, 0.25) is 11.9 Å². The lowest BCUT2D eigenvalue weighted by molar-refractivity contribution is -0.129. The maximum absolute atomic E-state index is 12.3. The van der Waals surface area contributed by atoms with Crippen LogP contribution >= 0.6 is 0 Å². The van der Waals surface area contributed by atoms with Gasteiger partial charge in [-0.15, -0.1) is 0 Å². The molecule has 1 amide bonds. The van der Waals surface area contributed by atoms with Gasteiger partial charge in [0.15, 0.2) is 0 Å². The number of anilines is 1. The first kappa shape index (κ1) is 14.7. The summed E-state index contributed by atoms with van der Waals surface area (Å²) in [7, 11) is 1.81. The fourth-order valence-corrected chi connectivity index (χ4v) is 2.37. The number of hydrogen-bond acceptors (Lipinski definition) is 5. The van der Waals surface area contributed by atoms with E-state index < -0.39 is 5.60 Å². The van der Waals surface area contributed by atoms with Gasteiger partial charge in [0.1, 0.15) is 0 Å². The Bertz CT molecular complexity index is 450. The molecule has 2 heterocycles. The van der Waals surface area contributed by atoms with Gasteiger partial charge in [-0.25, -0.2) is 9.97 Å². The number of rotatable bonds is 3. The number of carbonyl (C=O) groups is 1. The molecule has 6 heteroatoms. The van der Waals surface area contributed by atoms with E-state index in [1.165, 1.54) is 0 Å². The Hall–Kier alpha value is -1.69. The van der Waals surface area contributed by atoms with Crippen LogP contribution in [0, 0.1) is 0 Å². The van der Waals surface area contributed by atoms with Crippen molar-refractivity contribution < 1.29 is 9.90 Å². The summed E-state index contributed by atoms with van der Waals surface area (Å²) >= 11 is 0. The van der Waals surface area contributed by atoms with Crippen molar-refractivity contribution in [2.24, 2.45) is 0 Å². The summed E-state index contributed by atoms with van der Waals surface area (Å²) in [4.78, 5) is 24.1. The molecular weight excluding hydrogens is 256 g/mol. The molecule has 0 saturated carbocycles. The Balaban J connectivity index is 1.91. The van der Waals surface area contributed by atoms with E-state index in [1.807, 2.05) is 11.8 Å². The van der Waals surface area contributed by atoms with Crippen LogP contribution in [0.4, 0.5) is 5.95 Å². The zero-order chi connectivity index (χ0) is 14.6. The van der Waals surface area contributed by atoms with E-state index in [4.69, 9.17) is 0 Å². The average molecular weight is 278 g/mol. The highest BCUT2D eigenvalue weighted by Gasteiger charge is 2.27. The molecule has 110 valence electrons. The summed E-state index contributed by atoms with van der Waals surface area (Å²) in [6.45, 7) is 3.41. The minimum Gasteiger partial charge on any atom is -0.390 e. The molecule has 1 N–H and O–H groups in total. The third-order valence-electron chi connectivity index (χ3n) is 3.68. The van der Waals surface area contributed by atoms with E-state index in [0.29, 0.717) is 25.5 Å². The molecule has 1 unspecified atom stereocenters. The lowest BCUT2D eigenvalue weighted by Gasteiger charge is -2.25. The second kappa shape index (κ2) is 6.17. The molecule has 0 aromatic carbocycles. The Labute approximate surface area is 119 Å². The first-order valence-corrected chi connectivity index (χ1v) is 6.96. The Morgan fingerprint density at radius 3 is 2.80 bits per heavy atom. The number of amides is 1. The topological polar surface area (TPSA) is 69.6 Å². The summed E-state index contributed by atoms with van der Waals surface area (Å²) in [6, 6.07) is 1.75. The van der Waals surface area contributed by atoms with Crippen LogP contribution in [0.2, 0.25) is 0 Å². The molecule has 20 heavy (non-hydrogen) atoms. The van der Waals surface area contributed by atoms with Crippen molar-refractivity contribution in [3.63, 3.8) is 0 Å². The van der Waals surface area contributed by atoms with Crippen molar-refractivity contribution in [1.82, 2.24) is 14.9 Å². The minimum atomic E-state index is -0.649. The smallest absolute Gasteiger partial charge is 0.242 e. The van der Waals surface area contributed by atoms with Crippen molar-refractivity contribution in [3.8, 4) is 0 Å². The summed E-state index contributed by atoms with van der Waals surface area (Å²) in [5, 5.41) is 10.0. The monoisotopic (exact) mass is 278 g/mol. The van der Waals surface area contributed by atoms with Crippen LogP contribution in [0.5, 0.6) is 0 Å². The maximum atomic E-state index is 12.3. The van der Waals surface area contributed by atoms with Crippen LogP contribution in [0.25, 0.3) is 0 Å². The first-order valence-electron chi connectivity index (χ1n) is 6.96. The number of likely N-dealkylation sites (tertiary alicyclic amines) is 1. The molecule has 1 saturated heterocycles. The predicted molar refractivity (Wildman–Crippen MR) is 76.4 cm³/mol. The molecule has 1 aromatic rings. The van der Waals surface area contributed by atoms with Crippen LogP contribution in [0.15, 0.2) is 18.5 Å². The van der Waals surface area contributed by atoms with Gasteiger partial charge in [0.25, 0.3) is 0 Å². The van der Waals surface area contributed by atoms with Gasteiger partial charge in [-0.05, 0) is 32.3 Å². The summed E-state index contributed by atoms with van der Waals surface area (Å²) in [5.41, 5.74) is -0.649. The fraction of sp³-hybridized carbons (Fsp3) is 0.643. The number of aliphatic hydroxyl groups is 1. The van der Waals surface area contributed by atoms with Crippen LogP contribution in [-0.4, -0.2) is 58.2 Å². The van der Waals surface area contributed by atoms with Gasteiger partial charge >= 0.3 is 0 Å². The molecule has 1 fully saturated rings. The van der Waals surface area contributed by atoms with E-state index in [2.05, 4.69) is 9.97 Å². The van der Waals surface area contributed by atoms with Gasteiger partial charge in [-0.2, -0.15) is 0 Å². The molecule has 0 radical (unpaired) electrons. The van der Waals surface area contributed by atoms with E-state index in [1.54, 1.807) is 30.4 Å². The zero-order valence-electron chi connectivity index (χ0n) is 12.1. The number of carbonyl (C=O) groups excluding carboxylic acids is 1. The molecule has 1 aliphatic heterocycles. The number of aromatic nitrogens is 2. The van der Waals surface area contributed by atoms with Gasteiger partial charge in [-0.1, -0.05) is 0 Å². The second-order valence-corrected chi connectivity index (χ2v) is 5.64. The SMILES string of the molecule is CN(CC(=O)N1CCCC(C)(O)CC1)c1ncccn1.